The van der Waals surface area contributed by atoms with Crippen molar-refractivity contribution in [2.45, 2.75) is 39.3 Å². The van der Waals surface area contributed by atoms with Gasteiger partial charge in [0.2, 0.25) is 0 Å². The molecule has 0 radical (unpaired) electrons. The van der Waals surface area contributed by atoms with Crippen LogP contribution in [0.3, 0.4) is 0 Å². The van der Waals surface area contributed by atoms with E-state index >= 15 is 0 Å². The van der Waals surface area contributed by atoms with Gasteiger partial charge in [-0.2, -0.15) is 0 Å². The summed E-state index contributed by atoms with van der Waals surface area (Å²) in [5.41, 5.74) is 3.45. The molecule has 28 heavy (non-hydrogen) atoms. The first kappa shape index (κ1) is 19.8. The summed E-state index contributed by atoms with van der Waals surface area (Å²) in [4.78, 5) is 31.0. The maximum atomic E-state index is 12.7. The zero-order valence-electron chi connectivity index (χ0n) is 16.3. The molecule has 1 aromatic carbocycles. The van der Waals surface area contributed by atoms with Gasteiger partial charge in [-0.15, -0.1) is 0 Å². The number of aromatic nitrogens is 1. The van der Waals surface area contributed by atoms with Crippen LogP contribution < -0.4 is 10.2 Å². The minimum atomic E-state index is -0.420. The molecule has 0 spiro atoms. The third-order valence-electron chi connectivity index (χ3n) is 4.75. The molecule has 0 aliphatic carbocycles. The molecule has 1 saturated heterocycles. The molecule has 1 fully saturated rings. The van der Waals surface area contributed by atoms with Gasteiger partial charge in [0, 0.05) is 29.1 Å². The SMILES string of the molecule is CCC1COC(=O)N1c1cc(C(=O)NC(C)CO)cc(-c2ccc(C)cn2)c1. The fraction of sp³-hybridized carbons (Fsp3) is 0.381. The summed E-state index contributed by atoms with van der Waals surface area (Å²) in [6, 6.07) is 8.63. The molecule has 2 amide bonds. The standard InChI is InChI=1S/C21H25N3O4/c1-4-17-12-28-21(27)24(17)18-8-15(19-6-5-13(2)10-22-19)7-16(9-18)20(26)23-14(3)11-25/h5-10,14,17,25H,4,11-12H2,1-3H3,(H,23,26). The summed E-state index contributed by atoms with van der Waals surface area (Å²) < 4.78 is 5.20. The Balaban J connectivity index is 2.07. The van der Waals surface area contributed by atoms with Gasteiger partial charge < -0.3 is 15.2 Å². The molecule has 7 heteroatoms. The zero-order chi connectivity index (χ0) is 20.3. The number of rotatable bonds is 6. The van der Waals surface area contributed by atoms with Gasteiger partial charge in [0.1, 0.15) is 6.61 Å². The molecule has 1 aliphatic rings. The molecule has 0 saturated carbocycles. The van der Waals surface area contributed by atoms with Crippen LogP contribution in [0, 0.1) is 6.92 Å². The Labute approximate surface area is 164 Å². The average molecular weight is 383 g/mol. The second-order valence-electron chi connectivity index (χ2n) is 7.06. The van der Waals surface area contributed by atoms with E-state index in [0.29, 0.717) is 23.6 Å². The lowest BCUT2D eigenvalue weighted by atomic mass is 10.0. The quantitative estimate of drug-likeness (QED) is 0.800. The predicted octanol–water partition coefficient (Wildman–Crippen LogP) is 2.90. The average Bonchev–Trinajstić information content (AvgIpc) is 3.08. The van der Waals surface area contributed by atoms with E-state index < -0.39 is 6.09 Å². The molecule has 2 heterocycles. The molecule has 1 aromatic heterocycles. The lowest BCUT2D eigenvalue weighted by Crippen LogP contribution is -2.36. The Morgan fingerprint density at radius 1 is 1.39 bits per heavy atom. The molecule has 7 nitrogen and oxygen atoms in total. The number of anilines is 1. The van der Waals surface area contributed by atoms with Gasteiger partial charge in [0.15, 0.2) is 0 Å². The van der Waals surface area contributed by atoms with Crippen molar-refractivity contribution in [2.24, 2.45) is 0 Å². The normalized spacial score (nSPS) is 17.4. The summed E-state index contributed by atoms with van der Waals surface area (Å²) in [6.45, 7) is 5.82. The third kappa shape index (κ3) is 4.14. The number of ether oxygens (including phenoxy) is 1. The maximum absolute atomic E-state index is 12.7. The molecule has 2 unspecified atom stereocenters. The number of hydrogen-bond donors (Lipinski definition) is 2. The van der Waals surface area contributed by atoms with E-state index in [4.69, 9.17) is 4.74 Å². The summed E-state index contributed by atoms with van der Waals surface area (Å²) in [6.07, 6.45) is 2.08. The topological polar surface area (TPSA) is 91.8 Å². The van der Waals surface area contributed by atoms with Crippen LogP contribution in [0.25, 0.3) is 11.3 Å². The Morgan fingerprint density at radius 3 is 2.82 bits per heavy atom. The molecule has 0 bridgehead atoms. The van der Waals surface area contributed by atoms with Crippen LogP contribution in [0.15, 0.2) is 36.5 Å². The lowest BCUT2D eigenvalue weighted by molar-refractivity contribution is 0.0922. The van der Waals surface area contributed by atoms with E-state index in [1.807, 2.05) is 32.0 Å². The van der Waals surface area contributed by atoms with E-state index in [1.165, 1.54) is 0 Å². The van der Waals surface area contributed by atoms with Gasteiger partial charge in [0.25, 0.3) is 5.91 Å². The maximum Gasteiger partial charge on any atom is 0.414 e. The highest BCUT2D eigenvalue weighted by atomic mass is 16.6. The van der Waals surface area contributed by atoms with Crippen LogP contribution in [0.2, 0.25) is 0 Å². The number of carbonyl (C=O) groups excluding carboxylic acids is 2. The van der Waals surface area contributed by atoms with Crippen LogP contribution in [-0.4, -0.2) is 47.4 Å². The Morgan fingerprint density at radius 2 is 2.18 bits per heavy atom. The highest BCUT2D eigenvalue weighted by Crippen LogP contribution is 2.30. The fourth-order valence-electron chi connectivity index (χ4n) is 3.10. The highest BCUT2D eigenvalue weighted by molar-refractivity contribution is 5.99. The number of aryl methyl sites for hydroxylation is 1. The van der Waals surface area contributed by atoms with Crippen LogP contribution in [-0.2, 0) is 4.74 Å². The van der Waals surface area contributed by atoms with Crippen molar-refractivity contribution < 1.29 is 19.4 Å². The zero-order valence-corrected chi connectivity index (χ0v) is 16.3. The van der Waals surface area contributed by atoms with Crippen molar-refractivity contribution >= 4 is 17.7 Å². The number of hydrogen-bond acceptors (Lipinski definition) is 5. The number of carbonyl (C=O) groups is 2. The predicted molar refractivity (Wildman–Crippen MR) is 106 cm³/mol. The van der Waals surface area contributed by atoms with Crippen molar-refractivity contribution in [1.29, 1.82) is 0 Å². The van der Waals surface area contributed by atoms with Crippen molar-refractivity contribution in [3.8, 4) is 11.3 Å². The van der Waals surface area contributed by atoms with E-state index in [1.54, 1.807) is 30.2 Å². The summed E-state index contributed by atoms with van der Waals surface area (Å²) >= 11 is 0. The van der Waals surface area contributed by atoms with Crippen molar-refractivity contribution in [2.75, 3.05) is 18.1 Å². The fourth-order valence-corrected chi connectivity index (χ4v) is 3.10. The molecule has 2 atom stereocenters. The van der Waals surface area contributed by atoms with Gasteiger partial charge in [-0.05, 0) is 50.1 Å². The minimum Gasteiger partial charge on any atom is -0.447 e. The van der Waals surface area contributed by atoms with E-state index in [0.717, 1.165) is 17.5 Å². The molecular weight excluding hydrogens is 358 g/mol. The van der Waals surface area contributed by atoms with Gasteiger partial charge in [-0.1, -0.05) is 13.0 Å². The molecule has 2 N–H and O–H groups in total. The van der Waals surface area contributed by atoms with Gasteiger partial charge in [-0.3, -0.25) is 14.7 Å². The first-order valence-electron chi connectivity index (χ1n) is 9.38. The Bertz CT molecular complexity index is 866. The molecule has 148 valence electrons. The summed E-state index contributed by atoms with van der Waals surface area (Å²) in [7, 11) is 0. The van der Waals surface area contributed by atoms with E-state index in [2.05, 4.69) is 10.3 Å². The van der Waals surface area contributed by atoms with Crippen molar-refractivity contribution in [3.63, 3.8) is 0 Å². The number of nitrogens with one attached hydrogen (secondary N) is 1. The second-order valence-corrected chi connectivity index (χ2v) is 7.06. The summed E-state index contributed by atoms with van der Waals surface area (Å²) in [5, 5.41) is 12.0. The minimum absolute atomic E-state index is 0.0824. The molecule has 1 aliphatic heterocycles. The Kier molecular flexibility index (Phi) is 5.94. The number of aliphatic hydroxyl groups excluding tert-OH is 1. The first-order valence-corrected chi connectivity index (χ1v) is 9.38. The Hall–Kier alpha value is -2.93. The molecule has 2 aromatic rings. The number of benzene rings is 1. The lowest BCUT2D eigenvalue weighted by Gasteiger charge is -2.22. The monoisotopic (exact) mass is 383 g/mol. The highest BCUT2D eigenvalue weighted by Gasteiger charge is 2.33. The van der Waals surface area contributed by atoms with E-state index in [9.17, 15) is 14.7 Å². The smallest absolute Gasteiger partial charge is 0.414 e. The second kappa shape index (κ2) is 8.39. The van der Waals surface area contributed by atoms with Gasteiger partial charge >= 0.3 is 6.09 Å². The number of amides is 2. The first-order chi connectivity index (χ1) is 13.4. The number of nitrogens with zero attached hydrogens (tertiary/aromatic N) is 2. The number of aliphatic hydroxyl groups is 1. The van der Waals surface area contributed by atoms with E-state index in [-0.39, 0.29) is 24.6 Å². The third-order valence-corrected chi connectivity index (χ3v) is 4.75. The van der Waals surface area contributed by atoms with Gasteiger partial charge in [0.05, 0.1) is 18.3 Å². The van der Waals surface area contributed by atoms with Crippen molar-refractivity contribution in [3.05, 3.63) is 47.7 Å². The largest absolute Gasteiger partial charge is 0.447 e. The molecule has 3 rings (SSSR count). The van der Waals surface area contributed by atoms with Crippen LogP contribution >= 0.6 is 0 Å². The van der Waals surface area contributed by atoms with Crippen LogP contribution in [0.1, 0.15) is 36.2 Å². The summed E-state index contributed by atoms with van der Waals surface area (Å²) in [5.74, 6) is -0.322. The van der Waals surface area contributed by atoms with Crippen LogP contribution in [0.5, 0.6) is 0 Å². The number of cyclic esters (lactones) is 1. The van der Waals surface area contributed by atoms with Crippen molar-refractivity contribution in [1.82, 2.24) is 10.3 Å². The molecular formula is C21H25N3O4. The number of pyridine rings is 1. The van der Waals surface area contributed by atoms with Crippen LogP contribution in [0.4, 0.5) is 10.5 Å². The van der Waals surface area contributed by atoms with Gasteiger partial charge in [-0.25, -0.2) is 4.79 Å².